The van der Waals surface area contributed by atoms with Crippen LogP contribution in [0.15, 0.2) is 12.1 Å². The minimum Gasteiger partial charge on any atom is -0.306 e. The predicted octanol–water partition coefficient (Wildman–Crippen LogP) is 3.31. The van der Waals surface area contributed by atoms with Crippen LogP contribution < -0.4 is 5.32 Å². The Kier molecular flexibility index (Phi) is 4.22. The summed E-state index contributed by atoms with van der Waals surface area (Å²) in [7, 11) is 0. The molecule has 2 aromatic rings. The highest BCUT2D eigenvalue weighted by molar-refractivity contribution is 7.12. The van der Waals surface area contributed by atoms with E-state index >= 15 is 0 Å². The Morgan fingerprint density at radius 3 is 2.90 bits per heavy atom. The van der Waals surface area contributed by atoms with Gasteiger partial charge in [0.2, 0.25) is 0 Å². The zero-order chi connectivity index (χ0) is 13.9. The van der Waals surface area contributed by atoms with Crippen LogP contribution in [-0.2, 0) is 38.9 Å². The van der Waals surface area contributed by atoms with E-state index in [0.717, 1.165) is 26.1 Å². The van der Waals surface area contributed by atoms with Crippen molar-refractivity contribution in [2.24, 2.45) is 0 Å². The van der Waals surface area contributed by atoms with E-state index in [0.29, 0.717) is 0 Å². The van der Waals surface area contributed by atoms with E-state index in [1.807, 2.05) is 11.3 Å². The molecule has 0 amide bonds. The van der Waals surface area contributed by atoms with Crippen LogP contribution in [0.1, 0.15) is 47.0 Å². The van der Waals surface area contributed by atoms with Gasteiger partial charge in [-0.05, 0) is 50.3 Å². The Morgan fingerprint density at radius 2 is 2.15 bits per heavy atom. The van der Waals surface area contributed by atoms with Gasteiger partial charge in [0.25, 0.3) is 0 Å². The number of nitrogens with zero attached hydrogens (tertiary/aromatic N) is 2. The third-order valence-electron chi connectivity index (χ3n) is 3.98. The largest absolute Gasteiger partial charge is 0.306 e. The standard InChI is InChI=1S/C16H23N3S/c1-3-13-9-14(19(4-2)18-13)10-17-11-15-8-12-6-5-7-16(12)20-15/h8-9,17H,3-7,10-11H2,1-2H3. The third-order valence-corrected chi connectivity index (χ3v) is 5.22. The molecule has 2 heterocycles. The Labute approximate surface area is 125 Å². The summed E-state index contributed by atoms with van der Waals surface area (Å²) in [6.07, 6.45) is 4.94. The second-order valence-corrected chi connectivity index (χ2v) is 6.64. The normalized spacial score (nSPS) is 13.9. The molecule has 0 bridgehead atoms. The van der Waals surface area contributed by atoms with Crippen molar-refractivity contribution in [3.63, 3.8) is 0 Å². The Morgan fingerprint density at radius 1 is 1.25 bits per heavy atom. The van der Waals surface area contributed by atoms with Crippen molar-refractivity contribution in [1.29, 1.82) is 0 Å². The number of hydrogen-bond donors (Lipinski definition) is 1. The summed E-state index contributed by atoms with van der Waals surface area (Å²) in [5, 5.41) is 8.16. The van der Waals surface area contributed by atoms with Gasteiger partial charge in [-0.3, -0.25) is 4.68 Å². The number of hydrogen-bond acceptors (Lipinski definition) is 3. The molecule has 3 nitrogen and oxygen atoms in total. The lowest BCUT2D eigenvalue weighted by atomic mass is 10.2. The molecule has 4 heteroatoms. The molecule has 20 heavy (non-hydrogen) atoms. The van der Waals surface area contributed by atoms with Crippen LogP contribution in [-0.4, -0.2) is 9.78 Å². The number of nitrogens with one attached hydrogen (secondary N) is 1. The third kappa shape index (κ3) is 2.81. The first-order chi connectivity index (χ1) is 9.80. The molecule has 0 spiro atoms. The van der Waals surface area contributed by atoms with Crippen LogP contribution >= 0.6 is 11.3 Å². The highest BCUT2D eigenvalue weighted by atomic mass is 32.1. The van der Waals surface area contributed by atoms with E-state index in [2.05, 4.69) is 41.1 Å². The smallest absolute Gasteiger partial charge is 0.0625 e. The van der Waals surface area contributed by atoms with Crippen molar-refractivity contribution in [1.82, 2.24) is 15.1 Å². The van der Waals surface area contributed by atoms with Gasteiger partial charge in [0.1, 0.15) is 0 Å². The molecule has 0 radical (unpaired) electrons. The second kappa shape index (κ2) is 6.10. The Hall–Kier alpha value is -1.13. The fourth-order valence-electron chi connectivity index (χ4n) is 2.90. The summed E-state index contributed by atoms with van der Waals surface area (Å²) in [5.74, 6) is 0. The van der Waals surface area contributed by atoms with Crippen LogP contribution in [0.25, 0.3) is 0 Å². The van der Waals surface area contributed by atoms with Gasteiger partial charge in [0.05, 0.1) is 11.4 Å². The van der Waals surface area contributed by atoms with Gasteiger partial charge in [0.15, 0.2) is 0 Å². The molecule has 0 saturated heterocycles. The van der Waals surface area contributed by atoms with E-state index in [1.54, 1.807) is 10.4 Å². The SMILES string of the molecule is CCc1cc(CNCc2cc3c(s2)CCC3)n(CC)n1. The monoisotopic (exact) mass is 289 g/mol. The van der Waals surface area contributed by atoms with Crippen LogP contribution in [0.4, 0.5) is 0 Å². The van der Waals surface area contributed by atoms with Gasteiger partial charge in [-0.25, -0.2) is 0 Å². The van der Waals surface area contributed by atoms with E-state index in [9.17, 15) is 0 Å². The lowest BCUT2D eigenvalue weighted by molar-refractivity contribution is 0.579. The van der Waals surface area contributed by atoms with E-state index in [1.165, 1.54) is 35.5 Å². The van der Waals surface area contributed by atoms with E-state index < -0.39 is 0 Å². The quantitative estimate of drug-likeness (QED) is 0.884. The molecule has 0 atom stereocenters. The topological polar surface area (TPSA) is 29.9 Å². The van der Waals surface area contributed by atoms with E-state index in [-0.39, 0.29) is 0 Å². The zero-order valence-electron chi connectivity index (χ0n) is 12.4. The van der Waals surface area contributed by atoms with Crippen molar-refractivity contribution in [2.75, 3.05) is 0 Å². The summed E-state index contributed by atoms with van der Waals surface area (Å²) in [6, 6.07) is 4.62. The van der Waals surface area contributed by atoms with Gasteiger partial charge < -0.3 is 5.32 Å². The fourth-order valence-corrected chi connectivity index (χ4v) is 4.13. The number of rotatable bonds is 6. The van der Waals surface area contributed by atoms with Crippen LogP contribution in [0.3, 0.4) is 0 Å². The minimum absolute atomic E-state index is 0.906. The number of aromatic nitrogens is 2. The molecule has 1 aliphatic carbocycles. The fraction of sp³-hybridized carbons (Fsp3) is 0.562. The summed E-state index contributed by atoms with van der Waals surface area (Å²) in [6.45, 7) is 7.15. The molecule has 2 aromatic heterocycles. The molecule has 3 rings (SSSR count). The maximum atomic E-state index is 4.59. The minimum atomic E-state index is 0.906. The van der Waals surface area contributed by atoms with Crippen molar-refractivity contribution in [3.8, 4) is 0 Å². The zero-order valence-corrected chi connectivity index (χ0v) is 13.2. The highest BCUT2D eigenvalue weighted by Gasteiger charge is 2.14. The van der Waals surface area contributed by atoms with E-state index in [4.69, 9.17) is 0 Å². The summed E-state index contributed by atoms with van der Waals surface area (Å²) < 4.78 is 2.11. The van der Waals surface area contributed by atoms with Crippen molar-refractivity contribution in [2.45, 2.75) is 59.2 Å². The Balaban J connectivity index is 1.57. The molecular weight excluding hydrogens is 266 g/mol. The number of thiophene rings is 1. The molecule has 0 aliphatic heterocycles. The van der Waals surface area contributed by atoms with Crippen LogP contribution in [0.5, 0.6) is 0 Å². The average molecular weight is 289 g/mol. The molecular formula is C16H23N3S. The maximum absolute atomic E-state index is 4.59. The van der Waals surface area contributed by atoms with Gasteiger partial charge in [-0.1, -0.05) is 6.92 Å². The van der Waals surface area contributed by atoms with Gasteiger partial charge in [-0.15, -0.1) is 11.3 Å². The van der Waals surface area contributed by atoms with Crippen LogP contribution in [0, 0.1) is 0 Å². The van der Waals surface area contributed by atoms with Crippen molar-refractivity contribution < 1.29 is 0 Å². The predicted molar refractivity (Wildman–Crippen MR) is 84.2 cm³/mol. The average Bonchev–Trinajstić information content (AvgIpc) is 3.12. The molecule has 108 valence electrons. The first-order valence-electron chi connectivity index (χ1n) is 7.67. The second-order valence-electron chi connectivity index (χ2n) is 5.41. The van der Waals surface area contributed by atoms with Crippen molar-refractivity contribution in [3.05, 3.63) is 38.8 Å². The Bertz CT molecular complexity index is 561. The molecule has 1 aliphatic rings. The van der Waals surface area contributed by atoms with Crippen LogP contribution in [0.2, 0.25) is 0 Å². The molecule has 0 aromatic carbocycles. The lowest BCUT2D eigenvalue weighted by Gasteiger charge is -2.05. The van der Waals surface area contributed by atoms with Gasteiger partial charge >= 0.3 is 0 Å². The summed E-state index contributed by atoms with van der Waals surface area (Å²) in [4.78, 5) is 3.10. The summed E-state index contributed by atoms with van der Waals surface area (Å²) >= 11 is 1.99. The maximum Gasteiger partial charge on any atom is 0.0625 e. The number of fused-ring (bicyclic) bond motifs is 1. The van der Waals surface area contributed by atoms with Gasteiger partial charge in [-0.2, -0.15) is 5.10 Å². The molecule has 1 N–H and O–H groups in total. The molecule has 0 saturated carbocycles. The summed E-state index contributed by atoms with van der Waals surface area (Å²) in [5.41, 5.74) is 4.09. The first kappa shape index (κ1) is 13.8. The number of aryl methyl sites for hydroxylation is 4. The molecule has 0 fully saturated rings. The highest BCUT2D eigenvalue weighted by Crippen LogP contribution is 2.30. The first-order valence-corrected chi connectivity index (χ1v) is 8.48. The van der Waals surface area contributed by atoms with Crippen molar-refractivity contribution >= 4 is 11.3 Å². The molecule has 0 unspecified atom stereocenters. The van der Waals surface area contributed by atoms with Gasteiger partial charge in [0, 0.05) is 29.4 Å². The lowest BCUT2D eigenvalue weighted by Crippen LogP contribution is -2.15.